The number of nitrogens with one attached hydrogen (secondary N) is 1. The van der Waals surface area contributed by atoms with Gasteiger partial charge in [0.05, 0.1) is 36.0 Å². The molecule has 0 bridgehead atoms. The predicted molar refractivity (Wildman–Crippen MR) is 125 cm³/mol. The summed E-state index contributed by atoms with van der Waals surface area (Å²) in [5, 5.41) is 18.1. The van der Waals surface area contributed by atoms with Gasteiger partial charge in [-0.1, -0.05) is 18.2 Å². The van der Waals surface area contributed by atoms with Crippen LogP contribution in [0.1, 0.15) is 43.4 Å². The molecule has 1 N–H and O–H groups in total. The first kappa shape index (κ1) is 26.5. The summed E-state index contributed by atoms with van der Waals surface area (Å²) in [6.07, 6.45) is -4.64. The summed E-state index contributed by atoms with van der Waals surface area (Å²) in [7, 11) is 0. The van der Waals surface area contributed by atoms with Crippen LogP contribution in [0.15, 0.2) is 59.8 Å². The molecule has 0 fully saturated rings. The number of hydrogen-bond donors (Lipinski definition) is 1. The third-order valence-electron chi connectivity index (χ3n) is 5.77. The molecule has 0 aliphatic carbocycles. The molecule has 36 heavy (non-hydrogen) atoms. The number of carbonyl (C=O) groups is 2. The lowest BCUT2D eigenvalue weighted by atomic mass is 9.75. The summed E-state index contributed by atoms with van der Waals surface area (Å²) in [6.45, 7) is 4.67. The van der Waals surface area contributed by atoms with E-state index in [2.05, 4.69) is 0 Å². The largest absolute Gasteiger partial charge is 0.465 e. The van der Waals surface area contributed by atoms with Crippen LogP contribution in [0.3, 0.4) is 0 Å². The molecule has 7 nitrogen and oxygen atoms in total. The van der Waals surface area contributed by atoms with Gasteiger partial charge in [-0.2, -0.15) is 18.4 Å². The summed E-state index contributed by atoms with van der Waals surface area (Å²) in [5.41, 5.74) is -0.0354. The first-order chi connectivity index (χ1) is 17.0. The van der Waals surface area contributed by atoms with E-state index in [4.69, 9.17) is 20.1 Å². The second-order valence-electron chi connectivity index (χ2n) is 7.93. The average molecular weight is 499 g/mol. The summed E-state index contributed by atoms with van der Waals surface area (Å²) in [6, 6.07) is 12.4. The zero-order valence-corrected chi connectivity index (χ0v) is 19.8. The van der Waals surface area contributed by atoms with Gasteiger partial charge in [-0.15, -0.1) is 0 Å². The second-order valence-corrected chi connectivity index (χ2v) is 7.93. The minimum atomic E-state index is -4.64. The molecule has 10 heteroatoms. The van der Waals surface area contributed by atoms with Crippen LogP contribution in [0, 0.1) is 22.7 Å². The highest BCUT2D eigenvalue weighted by Gasteiger charge is 2.47. The highest BCUT2D eigenvalue weighted by molar-refractivity contribution is 6.14. The Morgan fingerprint density at radius 1 is 1.08 bits per heavy atom. The Hall–Kier alpha value is -4.13. The summed E-state index contributed by atoms with van der Waals surface area (Å²) in [5.74, 6) is -4.33. The molecule has 1 aliphatic rings. The van der Waals surface area contributed by atoms with Gasteiger partial charge in [-0.3, -0.25) is 10.2 Å². The van der Waals surface area contributed by atoms with Crippen molar-refractivity contribution in [2.45, 2.75) is 32.9 Å². The number of esters is 2. The van der Waals surface area contributed by atoms with Gasteiger partial charge in [0, 0.05) is 17.3 Å². The van der Waals surface area contributed by atoms with E-state index in [1.807, 2.05) is 6.07 Å². The quantitative estimate of drug-likeness (QED) is 0.550. The lowest BCUT2D eigenvalue weighted by Crippen LogP contribution is -2.48. The van der Waals surface area contributed by atoms with Crippen molar-refractivity contribution in [1.82, 2.24) is 0 Å². The fraction of sp³-hybridized carbons (Fsp3) is 0.308. The smallest absolute Gasteiger partial charge is 0.416 e. The Morgan fingerprint density at radius 2 is 1.72 bits per heavy atom. The van der Waals surface area contributed by atoms with Gasteiger partial charge in [-0.05, 0) is 56.7 Å². The molecule has 1 heterocycles. The number of carbonyl (C=O) groups excluding carboxylic acids is 2. The standard InChI is InChI=1S/C26H24F3N3O4/c1-4-35-24(33)20-15(3)32(19-8-6-7-18(13-19)26(27,28)29)23(31)22(25(34)36-5-2)21(20)17-11-9-16(14-30)10-12-17/h6-13,21-22,31H,4-5H2,1-3H3. The molecular weight excluding hydrogens is 475 g/mol. The topological polar surface area (TPSA) is 103 Å². The van der Waals surface area contributed by atoms with E-state index in [1.165, 1.54) is 31.2 Å². The number of alkyl halides is 3. The molecule has 0 amide bonds. The monoisotopic (exact) mass is 499 g/mol. The minimum Gasteiger partial charge on any atom is -0.465 e. The van der Waals surface area contributed by atoms with Crippen molar-refractivity contribution in [3.63, 3.8) is 0 Å². The van der Waals surface area contributed by atoms with Gasteiger partial charge in [-0.25, -0.2) is 4.79 Å². The van der Waals surface area contributed by atoms with Gasteiger partial charge in [0.2, 0.25) is 0 Å². The molecule has 1 aliphatic heterocycles. The molecule has 188 valence electrons. The molecular formula is C26H24F3N3O4. The van der Waals surface area contributed by atoms with Crippen molar-refractivity contribution in [1.29, 1.82) is 10.7 Å². The van der Waals surface area contributed by atoms with Gasteiger partial charge in [0.25, 0.3) is 0 Å². The number of amidine groups is 1. The SMILES string of the molecule is CCOC(=O)C1=C(C)N(c2cccc(C(F)(F)F)c2)C(=N)C(C(=O)OCC)C1c1ccc(C#N)cc1. The number of anilines is 1. The fourth-order valence-electron chi connectivity index (χ4n) is 4.23. The van der Waals surface area contributed by atoms with Gasteiger partial charge in [0.15, 0.2) is 0 Å². The van der Waals surface area contributed by atoms with E-state index in [1.54, 1.807) is 26.0 Å². The van der Waals surface area contributed by atoms with Crippen LogP contribution in [0.2, 0.25) is 0 Å². The number of ether oxygens (including phenoxy) is 2. The molecule has 0 saturated carbocycles. The van der Waals surface area contributed by atoms with Crippen LogP contribution in [0.4, 0.5) is 18.9 Å². The van der Waals surface area contributed by atoms with Crippen molar-refractivity contribution < 1.29 is 32.2 Å². The second kappa shape index (κ2) is 10.6. The van der Waals surface area contributed by atoms with Crippen molar-refractivity contribution in [3.05, 3.63) is 76.5 Å². The predicted octanol–water partition coefficient (Wildman–Crippen LogP) is 5.17. The minimum absolute atomic E-state index is 0.00743. The van der Waals surface area contributed by atoms with Crippen LogP contribution < -0.4 is 4.90 Å². The van der Waals surface area contributed by atoms with Gasteiger partial charge < -0.3 is 14.4 Å². The maximum atomic E-state index is 13.4. The first-order valence-electron chi connectivity index (χ1n) is 11.2. The molecule has 2 aromatic rings. The highest BCUT2D eigenvalue weighted by Crippen LogP contribution is 2.44. The Balaban J connectivity index is 2.31. The highest BCUT2D eigenvalue weighted by atomic mass is 19.4. The Morgan fingerprint density at radius 3 is 2.28 bits per heavy atom. The number of nitrogens with zero attached hydrogens (tertiary/aromatic N) is 2. The van der Waals surface area contributed by atoms with E-state index in [0.717, 1.165) is 17.0 Å². The zero-order valence-electron chi connectivity index (χ0n) is 19.8. The van der Waals surface area contributed by atoms with E-state index in [-0.39, 0.29) is 36.0 Å². The Labute approximate surface area is 206 Å². The summed E-state index contributed by atoms with van der Waals surface area (Å²) in [4.78, 5) is 27.5. The molecule has 2 unspecified atom stereocenters. The lowest BCUT2D eigenvalue weighted by molar-refractivity contribution is -0.146. The zero-order chi connectivity index (χ0) is 26.6. The number of halogens is 3. The van der Waals surface area contributed by atoms with Crippen molar-refractivity contribution in [2.24, 2.45) is 5.92 Å². The van der Waals surface area contributed by atoms with Crippen molar-refractivity contribution in [3.8, 4) is 6.07 Å². The maximum Gasteiger partial charge on any atom is 0.416 e. The molecule has 2 atom stereocenters. The van der Waals surface area contributed by atoms with Gasteiger partial charge in [0.1, 0.15) is 11.8 Å². The fourth-order valence-corrected chi connectivity index (χ4v) is 4.23. The molecule has 0 aromatic heterocycles. The number of hydrogen-bond acceptors (Lipinski definition) is 6. The van der Waals surface area contributed by atoms with Crippen LogP contribution in [-0.4, -0.2) is 31.0 Å². The number of rotatable bonds is 6. The first-order valence-corrected chi connectivity index (χ1v) is 11.2. The van der Waals surface area contributed by atoms with Crippen molar-refractivity contribution in [2.75, 3.05) is 18.1 Å². The third kappa shape index (κ3) is 5.10. The molecule has 0 spiro atoms. The van der Waals surface area contributed by atoms with Crippen LogP contribution in [-0.2, 0) is 25.2 Å². The Kier molecular flexibility index (Phi) is 7.83. The third-order valence-corrected chi connectivity index (χ3v) is 5.77. The van der Waals surface area contributed by atoms with Crippen LogP contribution >= 0.6 is 0 Å². The van der Waals surface area contributed by atoms with Crippen molar-refractivity contribution >= 4 is 23.5 Å². The lowest BCUT2D eigenvalue weighted by Gasteiger charge is -2.40. The van der Waals surface area contributed by atoms with E-state index >= 15 is 0 Å². The normalized spacial score (nSPS) is 18.0. The maximum absolute atomic E-state index is 13.4. The summed E-state index contributed by atoms with van der Waals surface area (Å²) < 4.78 is 50.8. The summed E-state index contributed by atoms with van der Waals surface area (Å²) >= 11 is 0. The Bertz CT molecular complexity index is 1250. The van der Waals surface area contributed by atoms with E-state index in [9.17, 15) is 22.8 Å². The number of nitriles is 1. The molecule has 3 rings (SSSR count). The van der Waals surface area contributed by atoms with Crippen LogP contribution in [0.5, 0.6) is 0 Å². The van der Waals surface area contributed by atoms with Crippen LogP contribution in [0.25, 0.3) is 0 Å². The number of allylic oxidation sites excluding steroid dienone is 1. The van der Waals surface area contributed by atoms with E-state index < -0.39 is 35.5 Å². The molecule has 0 saturated heterocycles. The molecule has 0 radical (unpaired) electrons. The average Bonchev–Trinajstić information content (AvgIpc) is 2.83. The van der Waals surface area contributed by atoms with Gasteiger partial charge >= 0.3 is 18.1 Å². The van der Waals surface area contributed by atoms with E-state index in [0.29, 0.717) is 11.1 Å². The number of benzene rings is 2. The molecule has 2 aromatic carbocycles.